The third-order valence-electron chi connectivity index (χ3n) is 2.76. The maximum absolute atomic E-state index is 4.51. The summed E-state index contributed by atoms with van der Waals surface area (Å²) in [7, 11) is 0. The van der Waals surface area contributed by atoms with Gasteiger partial charge in [-0.3, -0.25) is 4.98 Å². The van der Waals surface area contributed by atoms with Gasteiger partial charge >= 0.3 is 0 Å². The number of aromatic nitrogens is 1. The summed E-state index contributed by atoms with van der Waals surface area (Å²) in [6, 6.07) is 8.97. The van der Waals surface area contributed by atoms with Crippen molar-refractivity contribution in [3.8, 4) is 0 Å². The van der Waals surface area contributed by atoms with E-state index in [2.05, 4.69) is 41.5 Å². The molecule has 1 unspecified atom stereocenters. The molecule has 1 aromatic carbocycles. The van der Waals surface area contributed by atoms with Gasteiger partial charge in [-0.2, -0.15) is 0 Å². The van der Waals surface area contributed by atoms with E-state index >= 15 is 0 Å². The Bertz CT molecular complexity index is 487. The smallest absolute Gasteiger partial charge is 0.0664 e. The van der Waals surface area contributed by atoms with Crippen LogP contribution < -0.4 is 5.32 Å². The SMILES string of the molecule is Cc1cnc(C2CN2)c2ccccc12. The van der Waals surface area contributed by atoms with Gasteiger partial charge < -0.3 is 5.32 Å². The predicted molar refractivity (Wildman–Crippen MR) is 57.2 cm³/mol. The Hall–Kier alpha value is -1.41. The van der Waals surface area contributed by atoms with Gasteiger partial charge in [-0.15, -0.1) is 0 Å². The van der Waals surface area contributed by atoms with Crippen LogP contribution in [-0.2, 0) is 0 Å². The molecule has 0 bridgehead atoms. The maximum Gasteiger partial charge on any atom is 0.0664 e. The molecule has 70 valence electrons. The van der Waals surface area contributed by atoms with Gasteiger partial charge in [0.25, 0.3) is 0 Å². The first-order chi connectivity index (χ1) is 6.86. The van der Waals surface area contributed by atoms with E-state index in [1.54, 1.807) is 0 Å². The zero-order chi connectivity index (χ0) is 9.54. The van der Waals surface area contributed by atoms with Crippen LogP contribution in [0.3, 0.4) is 0 Å². The molecule has 1 atom stereocenters. The third-order valence-corrected chi connectivity index (χ3v) is 2.76. The van der Waals surface area contributed by atoms with Crippen molar-refractivity contribution in [2.24, 2.45) is 0 Å². The second-order valence-corrected chi connectivity index (χ2v) is 3.83. The van der Waals surface area contributed by atoms with Crippen LogP contribution in [0, 0.1) is 6.92 Å². The first kappa shape index (κ1) is 7.94. The Labute approximate surface area is 83.0 Å². The standard InChI is InChI=1S/C12H12N2/c1-8-6-14-12(11-7-13-11)10-5-3-2-4-9(8)10/h2-6,11,13H,7H2,1H3. The number of rotatable bonds is 1. The zero-order valence-corrected chi connectivity index (χ0v) is 8.12. The quantitative estimate of drug-likeness (QED) is 0.689. The monoisotopic (exact) mass is 184 g/mol. The molecule has 1 aliphatic rings. The van der Waals surface area contributed by atoms with Gasteiger partial charge in [0, 0.05) is 18.1 Å². The van der Waals surface area contributed by atoms with Crippen molar-refractivity contribution in [1.29, 1.82) is 0 Å². The van der Waals surface area contributed by atoms with E-state index in [1.165, 1.54) is 22.0 Å². The Morgan fingerprint density at radius 2 is 2.00 bits per heavy atom. The van der Waals surface area contributed by atoms with E-state index in [0.29, 0.717) is 6.04 Å². The number of pyridine rings is 1. The molecule has 1 aromatic heterocycles. The van der Waals surface area contributed by atoms with Gasteiger partial charge in [-0.1, -0.05) is 24.3 Å². The maximum atomic E-state index is 4.51. The number of aryl methyl sites for hydroxylation is 1. The van der Waals surface area contributed by atoms with Crippen LogP contribution in [0.1, 0.15) is 17.3 Å². The van der Waals surface area contributed by atoms with Crippen LogP contribution in [0.4, 0.5) is 0 Å². The lowest BCUT2D eigenvalue weighted by Crippen LogP contribution is -1.93. The number of hydrogen-bond donors (Lipinski definition) is 1. The molecule has 1 fully saturated rings. The van der Waals surface area contributed by atoms with E-state index in [1.807, 2.05) is 6.20 Å². The zero-order valence-electron chi connectivity index (χ0n) is 8.12. The molecule has 1 saturated heterocycles. The van der Waals surface area contributed by atoms with Crippen LogP contribution in [0.2, 0.25) is 0 Å². The molecule has 3 rings (SSSR count). The Morgan fingerprint density at radius 1 is 1.29 bits per heavy atom. The summed E-state index contributed by atoms with van der Waals surface area (Å²) in [5.74, 6) is 0. The molecule has 2 heteroatoms. The molecule has 2 aromatic rings. The summed E-state index contributed by atoms with van der Waals surface area (Å²) in [5, 5.41) is 5.92. The normalized spacial score (nSPS) is 19.9. The summed E-state index contributed by atoms with van der Waals surface area (Å²) < 4.78 is 0. The average molecular weight is 184 g/mol. The lowest BCUT2D eigenvalue weighted by atomic mass is 10.0. The van der Waals surface area contributed by atoms with Gasteiger partial charge in [0.15, 0.2) is 0 Å². The fourth-order valence-electron chi connectivity index (χ4n) is 1.89. The number of nitrogens with one attached hydrogen (secondary N) is 1. The molecule has 14 heavy (non-hydrogen) atoms. The highest BCUT2D eigenvalue weighted by molar-refractivity contribution is 5.87. The summed E-state index contributed by atoms with van der Waals surface area (Å²) in [4.78, 5) is 4.51. The number of benzene rings is 1. The van der Waals surface area contributed by atoms with Crippen molar-refractivity contribution < 1.29 is 0 Å². The summed E-state index contributed by atoms with van der Waals surface area (Å²) >= 11 is 0. The van der Waals surface area contributed by atoms with E-state index in [4.69, 9.17) is 0 Å². The van der Waals surface area contributed by atoms with Crippen molar-refractivity contribution >= 4 is 10.8 Å². The van der Waals surface area contributed by atoms with Crippen LogP contribution in [0.25, 0.3) is 10.8 Å². The highest BCUT2D eigenvalue weighted by Gasteiger charge is 2.25. The minimum atomic E-state index is 0.487. The van der Waals surface area contributed by atoms with E-state index in [9.17, 15) is 0 Å². The highest BCUT2D eigenvalue weighted by atomic mass is 15.1. The van der Waals surface area contributed by atoms with E-state index in [-0.39, 0.29) is 0 Å². The molecule has 0 radical (unpaired) electrons. The van der Waals surface area contributed by atoms with Gasteiger partial charge in [0.2, 0.25) is 0 Å². The topological polar surface area (TPSA) is 34.8 Å². The van der Waals surface area contributed by atoms with Gasteiger partial charge in [0.1, 0.15) is 0 Å². The molecule has 2 nitrogen and oxygen atoms in total. The summed E-state index contributed by atoms with van der Waals surface area (Å²) in [6.07, 6.45) is 1.97. The average Bonchev–Trinajstić information content (AvgIpc) is 3.03. The van der Waals surface area contributed by atoms with E-state index in [0.717, 1.165) is 6.54 Å². The fourth-order valence-corrected chi connectivity index (χ4v) is 1.89. The van der Waals surface area contributed by atoms with Crippen molar-refractivity contribution in [2.45, 2.75) is 13.0 Å². The van der Waals surface area contributed by atoms with Gasteiger partial charge in [-0.05, 0) is 17.9 Å². The highest BCUT2D eigenvalue weighted by Crippen LogP contribution is 2.28. The largest absolute Gasteiger partial charge is 0.306 e. The van der Waals surface area contributed by atoms with Crippen molar-refractivity contribution in [3.63, 3.8) is 0 Å². The van der Waals surface area contributed by atoms with Crippen LogP contribution in [0.5, 0.6) is 0 Å². The van der Waals surface area contributed by atoms with E-state index < -0.39 is 0 Å². The molecule has 0 amide bonds. The van der Waals surface area contributed by atoms with Crippen molar-refractivity contribution in [2.75, 3.05) is 6.54 Å². The lowest BCUT2D eigenvalue weighted by molar-refractivity contribution is 1.01. The molecule has 0 aliphatic carbocycles. The minimum Gasteiger partial charge on any atom is -0.306 e. The molecule has 1 N–H and O–H groups in total. The molecule has 0 saturated carbocycles. The number of fused-ring (bicyclic) bond motifs is 1. The molecule has 0 spiro atoms. The van der Waals surface area contributed by atoms with Crippen LogP contribution in [0.15, 0.2) is 30.5 Å². The first-order valence-electron chi connectivity index (χ1n) is 4.94. The second-order valence-electron chi connectivity index (χ2n) is 3.83. The van der Waals surface area contributed by atoms with Gasteiger partial charge in [0.05, 0.1) is 11.7 Å². The second kappa shape index (κ2) is 2.79. The van der Waals surface area contributed by atoms with Crippen molar-refractivity contribution in [3.05, 3.63) is 41.7 Å². The van der Waals surface area contributed by atoms with Crippen molar-refractivity contribution in [1.82, 2.24) is 10.3 Å². The van der Waals surface area contributed by atoms with Crippen LogP contribution in [-0.4, -0.2) is 11.5 Å². The number of nitrogens with zero attached hydrogens (tertiary/aromatic N) is 1. The summed E-state index contributed by atoms with van der Waals surface area (Å²) in [5.41, 5.74) is 2.45. The fraction of sp³-hybridized carbons (Fsp3) is 0.250. The molecular formula is C12H12N2. The minimum absolute atomic E-state index is 0.487. The lowest BCUT2D eigenvalue weighted by Gasteiger charge is -2.05. The number of hydrogen-bond acceptors (Lipinski definition) is 2. The first-order valence-corrected chi connectivity index (χ1v) is 4.94. The molecule has 1 aliphatic heterocycles. The van der Waals surface area contributed by atoms with Crippen LogP contribution >= 0.6 is 0 Å². The summed E-state index contributed by atoms with van der Waals surface area (Å²) in [6.45, 7) is 3.18. The molecule has 2 heterocycles. The Kier molecular flexibility index (Phi) is 1.58. The Balaban J connectivity index is 2.35. The predicted octanol–water partition coefficient (Wildman–Crippen LogP) is 2.19. The van der Waals surface area contributed by atoms with Gasteiger partial charge in [-0.25, -0.2) is 0 Å². The Morgan fingerprint density at radius 3 is 2.71 bits per heavy atom. The third kappa shape index (κ3) is 1.11. The molecular weight excluding hydrogens is 172 g/mol.